The fourth-order valence-corrected chi connectivity index (χ4v) is 5.81. The summed E-state index contributed by atoms with van der Waals surface area (Å²) in [5, 5.41) is 12.7. The van der Waals surface area contributed by atoms with Crippen molar-refractivity contribution in [1.29, 1.82) is 0 Å². The molecule has 1 saturated carbocycles. The van der Waals surface area contributed by atoms with E-state index in [0.717, 1.165) is 22.3 Å². The molecule has 2 aliphatic carbocycles. The molecule has 3 atom stereocenters. The van der Waals surface area contributed by atoms with Crippen molar-refractivity contribution in [3.63, 3.8) is 0 Å². The summed E-state index contributed by atoms with van der Waals surface area (Å²) in [6, 6.07) is 15.8. The lowest BCUT2D eigenvalue weighted by Gasteiger charge is -2.50. The van der Waals surface area contributed by atoms with E-state index in [9.17, 15) is 19.5 Å². The molecule has 0 bridgehead atoms. The molecule has 1 heterocycles. The van der Waals surface area contributed by atoms with Crippen LogP contribution in [0.25, 0.3) is 11.1 Å². The van der Waals surface area contributed by atoms with Crippen molar-refractivity contribution in [3.05, 3.63) is 59.7 Å². The van der Waals surface area contributed by atoms with Gasteiger partial charge in [0.05, 0.1) is 0 Å². The minimum atomic E-state index is -1.45. The lowest BCUT2D eigenvalue weighted by atomic mass is 9.63. The van der Waals surface area contributed by atoms with Crippen LogP contribution in [0.2, 0.25) is 0 Å². The Kier molecular flexibility index (Phi) is 5.49. The zero-order chi connectivity index (χ0) is 25.0. The number of rotatable bonds is 4. The highest BCUT2D eigenvalue weighted by Gasteiger charge is 2.65. The molecule has 2 aromatic rings. The van der Waals surface area contributed by atoms with Gasteiger partial charge in [-0.15, -0.1) is 0 Å². The van der Waals surface area contributed by atoms with Crippen LogP contribution in [-0.2, 0) is 14.3 Å². The average molecular weight is 479 g/mol. The van der Waals surface area contributed by atoms with Crippen molar-refractivity contribution in [2.75, 3.05) is 13.2 Å². The SMILES string of the molecule is CC(C)(C)OC(=O)N1CCC2C1CC2(NC(=O)OCC1c2ccccc2-c2ccccc21)C(=O)O. The normalized spacial score (nSPS) is 24.6. The van der Waals surface area contributed by atoms with Crippen molar-refractivity contribution in [2.45, 2.75) is 56.7 Å². The lowest BCUT2D eigenvalue weighted by Crippen LogP contribution is -2.72. The molecule has 8 nitrogen and oxygen atoms in total. The third kappa shape index (κ3) is 3.90. The van der Waals surface area contributed by atoms with Gasteiger partial charge in [0.1, 0.15) is 17.7 Å². The van der Waals surface area contributed by atoms with Gasteiger partial charge in [-0.1, -0.05) is 48.5 Å². The zero-order valence-electron chi connectivity index (χ0n) is 20.1. The Morgan fingerprint density at radius 2 is 1.66 bits per heavy atom. The van der Waals surface area contributed by atoms with Gasteiger partial charge in [0.15, 0.2) is 0 Å². The molecule has 3 aliphatic rings. The van der Waals surface area contributed by atoms with Gasteiger partial charge in [-0.3, -0.25) is 0 Å². The third-order valence-electron chi connectivity index (χ3n) is 7.39. The quantitative estimate of drug-likeness (QED) is 0.676. The van der Waals surface area contributed by atoms with Crippen LogP contribution in [0, 0.1) is 5.92 Å². The standard InChI is InChI=1S/C27H30N2O6/c1-26(2,3)35-25(33)29-13-12-21-22(29)14-27(21,23(30)31)28-24(32)34-15-20-18-10-6-4-8-16(18)17-9-5-7-11-19(17)20/h4-11,20-22H,12-15H2,1-3H3,(H,28,32)(H,30,31). The first-order valence-corrected chi connectivity index (χ1v) is 12.0. The van der Waals surface area contributed by atoms with E-state index in [4.69, 9.17) is 9.47 Å². The molecule has 184 valence electrons. The van der Waals surface area contributed by atoms with Crippen molar-refractivity contribution >= 4 is 18.2 Å². The van der Waals surface area contributed by atoms with Gasteiger partial charge in [-0.05, 0) is 49.4 Å². The molecule has 0 aromatic heterocycles. The second kappa shape index (κ2) is 8.29. The van der Waals surface area contributed by atoms with Crippen LogP contribution in [0.5, 0.6) is 0 Å². The average Bonchev–Trinajstić information content (AvgIpc) is 3.30. The van der Waals surface area contributed by atoms with Crippen molar-refractivity contribution in [3.8, 4) is 11.1 Å². The predicted molar refractivity (Wildman–Crippen MR) is 128 cm³/mol. The van der Waals surface area contributed by atoms with Gasteiger partial charge in [-0.25, -0.2) is 14.4 Å². The summed E-state index contributed by atoms with van der Waals surface area (Å²) < 4.78 is 11.1. The van der Waals surface area contributed by atoms with E-state index in [1.807, 2.05) is 36.4 Å². The first-order valence-electron chi connectivity index (χ1n) is 12.0. The highest BCUT2D eigenvalue weighted by Crippen LogP contribution is 2.49. The van der Waals surface area contributed by atoms with Gasteiger partial charge >= 0.3 is 18.2 Å². The molecule has 3 unspecified atom stereocenters. The molecule has 0 spiro atoms. The molecular formula is C27H30N2O6. The second-order valence-electron chi connectivity index (χ2n) is 10.6. The molecule has 1 saturated heterocycles. The fraction of sp³-hybridized carbons (Fsp3) is 0.444. The van der Waals surface area contributed by atoms with Crippen molar-refractivity contribution in [2.24, 2.45) is 5.92 Å². The first kappa shape index (κ1) is 23.2. The minimum absolute atomic E-state index is 0.105. The van der Waals surface area contributed by atoms with Crippen LogP contribution in [0.15, 0.2) is 48.5 Å². The summed E-state index contributed by atoms with van der Waals surface area (Å²) in [6.07, 6.45) is -0.621. The van der Waals surface area contributed by atoms with Gasteiger partial charge in [-0.2, -0.15) is 0 Å². The van der Waals surface area contributed by atoms with E-state index in [1.165, 1.54) is 0 Å². The van der Waals surface area contributed by atoms with Crippen LogP contribution < -0.4 is 5.32 Å². The number of hydrogen-bond acceptors (Lipinski definition) is 5. The molecular weight excluding hydrogens is 448 g/mol. The first-order chi connectivity index (χ1) is 16.6. The summed E-state index contributed by atoms with van der Waals surface area (Å²) in [5.74, 6) is -1.62. The Bertz CT molecular complexity index is 1140. The van der Waals surface area contributed by atoms with E-state index in [1.54, 1.807) is 25.7 Å². The maximum Gasteiger partial charge on any atom is 0.410 e. The van der Waals surface area contributed by atoms with Crippen LogP contribution in [0.1, 0.15) is 50.7 Å². The highest BCUT2D eigenvalue weighted by molar-refractivity contribution is 5.87. The predicted octanol–water partition coefficient (Wildman–Crippen LogP) is 4.38. The minimum Gasteiger partial charge on any atom is -0.479 e. The second-order valence-corrected chi connectivity index (χ2v) is 10.6. The molecule has 1 aliphatic heterocycles. The van der Waals surface area contributed by atoms with Gasteiger partial charge in [0, 0.05) is 30.8 Å². The Morgan fingerprint density at radius 1 is 1.06 bits per heavy atom. The fourth-order valence-electron chi connectivity index (χ4n) is 5.81. The van der Waals surface area contributed by atoms with Gasteiger partial charge in [0.2, 0.25) is 0 Å². The maximum absolute atomic E-state index is 12.8. The zero-order valence-corrected chi connectivity index (χ0v) is 20.1. The van der Waals surface area contributed by atoms with Crippen molar-refractivity contribution < 1.29 is 29.0 Å². The topological polar surface area (TPSA) is 105 Å². The molecule has 0 radical (unpaired) electrons. The number of carboxylic acid groups (broad SMARTS) is 1. The summed E-state index contributed by atoms with van der Waals surface area (Å²) in [4.78, 5) is 39.2. The smallest absolute Gasteiger partial charge is 0.410 e. The maximum atomic E-state index is 12.8. The van der Waals surface area contributed by atoms with Crippen LogP contribution in [0.4, 0.5) is 9.59 Å². The highest BCUT2D eigenvalue weighted by atomic mass is 16.6. The van der Waals surface area contributed by atoms with Crippen LogP contribution >= 0.6 is 0 Å². The summed E-state index contributed by atoms with van der Waals surface area (Å²) in [6.45, 7) is 5.87. The number of carbonyl (C=O) groups is 3. The number of likely N-dealkylation sites (tertiary alicyclic amines) is 1. The summed E-state index contributed by atoms with van der Waals surface area (Å²) in [5.41, 5.74) is 2.32. The largest absolute Gasteiger partial charge is 0.479 e. The molecule has 5 rings (SSSR count). The summed E-state index contributed by atoms with van der Waals surface area (Å²) in [7, 11) is 0. The molecule has 2 amide bonds. The Morgan fingerprint density at radius 3 is 2.23 bits per heavy atom. The van der Waals surface area contributed by atoms with E-state index in [0.29, 0.717) is 13.0 Å². The number of carbonyl (C=O) groups excluding carboxylic acids is 2. The molecule has 8 heteroatoms. The lowest BCUT2D eigenvalue weighted by molar-refractivity contribution is -0.155. The van der Waals surface area contributed by atoms with E-state index in [2.05, 4.69) is 17.4 Å². The van der Waals surface area contributed by atoms with E-state index < -0.39 is 35.2 Å². The number of benzene rings is 2. The third-order valence-corrected chi connectivity index (χ3v) is 7.39. The molecule has 2 N–H and O–H groups in total. The number of nitrogens with zero attached hydrogens (tertiary/aromatic N) is 1. The Labute approximate surface area is 204 Å². The summed E-state index contributed by atoms with van der Waals surface area (Å²) >= 11 is 0. The number of ether oxygens (including phenoxy) is 2. The Hall–Kier alpha value is -3.55. The van der Waals surface area contributed by atoms with Gasteiger partial charge in [0.25, 0.3) is 0 Å². The molecule has 35 heavy (non-hydrogen) atoms. The van der Waals surface area contributed by atoms with Crippen LogP contribution in [-0.4, -0.2) is 58.5 Å². The van der Waals surface area contributed by atoms with Gasteiger partial charge < -0.3 is 24.8 Å². The Balaban J connectivity index is 1.26. The number of hydrogen-bond donors (Lipinski definition) is 2. The van der Waals surface area contributed by atoms with E-state index >= 15 is 0 Å². The number of amides is 2. The number of nitrogens with one attached hydrogen (secondary N) is 1. The van der Waals surface area contributed by atoms with Crippen molar-refractivity contribution in [1.82, 2.24) is 10.2 Å². The molecule has 2 fully saturated rings. The molecule has 2 aromatic carbocycles. The van der Waals surface area contributed by atoms with Crippen LogP contribution in [0.3, 0.4) is 0 Å². The number of carboxylic acids is 1. The monoisotopic (exact) mass is 478 g/mol. The number of alkyl carbamates (subject to hydrolysis) is 1. The van der Waals surface area contributed by atoms with E-state index in [-0.39, 0.29) is 25.0 Å². The number of aliphatic carboxylic acids is 1. The number of fused-ring (bicyclic) bond motifs is 4.